The number of likely N-dealkylation sites (N-methyl/N-ethyl adjacent to an activating group) is 1. The van der Waals surface area contributed by atoms with Crippen LogP contribution in [0.15, 0.2) is 0 Å². The smallest absolute Gasteiger partial charge is 0.195 e. The van der Waals surface area contributed by atoms with Crippen LogP contribution in [0.25, 0.3) is 0 Å². The first-order valence-electron chi connectivity index (χ1n) is 5.51. The van der Waals surface area contributed by atoms with Gasteiger partial charge in [0.25, 0.3) is 0 Å². The standard InChI is InChI=1S/C10H20N4S/c1-4-6-9-11-12-10(15)14(9)8-7-13(3)5-2/h4-8H2,1-3H3,(H,12,15). The van der Waals surface area contributed by atoms with Gasteiger partial charge in [0.15, 0.2) is 4.77 Å². The number of rotatable bonds is 6. The van der Waals surface area contributed by atoms with E-state index < -0.39 is 0 Å². The third-order valence-corrected chi connectivity index (χ3v) is 2.87. The third kappa shape index (κ3) is 3.43. The van der Waals surface area contributed by atoms with Gasteiger partial charge in [-0.2, -0.15) is 5.10 Å². The molecule has 1 N–H and O–H groups in total. The van der Waals surface area contributed by atoms with Gasteiger partial charge in [-0.05, 0) is 32.2 Å². The van der Waals surface area contributed by atoms with Crippen LogP contribution < -0.4 is 0 Å². The third-order valence-electron chi connectivity index (χ3n) is 2.56. The van der Waals surface area contributed by atoms with Crippen molar-refractivity contribution in [3.05, 3.63) is 10.6 Å². The summed E-state index contributed by atoms with van der Waals surface area (Å²) in [6.45, 7) is 7.31. The number of hydrogen-bond donors (Lipinski definition) is 1. The molecule has 1 rings (SSSR count). The monoisotopic (exact) mass is 228 g/mol. The van der Waals surface area contributed by atoms with E-state index in [9.17, 15) is 0 Å². The fourth-order valence-corrected chi connectivity index (χ4v) is 1.67. The molecular weight excluding hydrogens is 208 g/mol. The van der Waals surface area contributed by atoms with Gasteiger partial charge in [-0.3, -0.25) is 5.10 Å². The van der Waals surface area contributed by atoms with Gasteiger partial charge in [0, 0.05) is 19.5 Å². The lowest BCUT2D eigenvalue weighted by Gasteiger charge is -2.14. The molecule has 86 valence electrons. The molecule has 1 heterocycles. The van der Waals surface area contributed by atoms with E-state index in [1.165, 1.54) is 0 Å². The Morgan fingerprint density at radius 2 is 2.20 bits per heavy atom. The van der Waals surface area contributed by atoms with Crippen LogP contribution >= 0.6 is 12.2 Å². The maximum Gasteiger partial charge on any atom is 0.195 e. The molecule has 1 aromatic heterocycles. The molecular formula is C10H20N4S. The van der Waals surface area contributed by atoms with Crippen molar-refractivity contribution in [2.45, 2.75) is 33.2 Å². The van der Waals surface area contributed by atoms with E-state index in [1.54, 1.807) is 0 Å². The molecule has 0 bridgehead atoms. The van der Waals surface area contributed by atoms with Gasteiger partial charge in [-0.1, -0.05) is 13.8 Å². The highest BCUT2D eigenvalue weighted by atomic mass is 32.1. The Hall–Kier alpha value is -0.680. The molecule has 0 fully saturated rings. The fourth-order valence-electron chi connectivity index (χ4n) is 1.42. The van der Waals surface area contributed by atoms with Crippen molar-refractivity contribution in [1.82, 2.24) is 19.7 Å². The van der Waals surface area contributed by atoms with Crippen molar-refractivity contribution in [3.8, 4) is 0 Å². The Labute approximate surface area is 96.3 Å². The first kappa shape index (κ1) is 12.4. The number of aromatic nitrogens is 3. The summed E-state index contributed by atoms with van der Waals surface area (Å²) < 4.78 is 2.84. The van der Waals surface area contributed by atoms with Crippen LogP contribution in [0.2, 0.25) is 0 Å². The summed E-state index contributed by atoms with van der Waals surface area (Å²) >= 11 is 5.20. The molecule has 4 nitrogen and oxygen atoms in total. The molecule has 0 aliphatic carbocycles. The van der Waals surface area contributed by atoms with Crippen LogP contribution in [0.4, 0.5) is 0 Å². The first-order valence-corrected chi connectivity index (χ1v) is 5.92. The normalized spacial score (nSPS) is 11.2. The van der Waals surface area contributed by atoms with Crippen molar-refractivity contribution in [2.24, 2.45) is 0 Å². The Bertz CT molecular complexity index is 341. The van der Waals surface area contributed by atoms with Gasteiger partial charge in [0.2, 0.25) is 0 Å². The van der Waals surface area contributed by atoms with Gasteiger partial charge in [0.05, 0.1) is 0 Å². The van der Waals surface area contributed by atoms with Gasteiger partial charge in [-0.25, -0.2) is 0 Å². The zero-order valence-electron chi connectivity index (χ0n) is 9.79. The molecule has 0 amide bonds. The summed E-state index contributed by atoms with van der Waals surface area (Å²) in [6.07, 6.45) is 2.09. The number of H-pyrrole nitrogens is 1. The Morgan fingerprint density at radius 3 is 2.80 bits per heavy atom. The molecule has 0 unspecified atom stereocenters. The van der Waals surface area contributed by atoms with E-state index in [0.717, 1.165) is 43.1 Å². The maximum atomic E-state index is 5.20. The van der Waals surface area contributed by atoms with Crippen LogP contribution in [-0.4, -0.2) is 39.8 Å². The number of aromatic amines is 1. The SMILES string of the molecule is CCCc1n[nH]c(=S)n1CCN(C)CC. The molecule has 0 atom stereocenters. The summed E-state index contributed by atoms with van der Waals surface area (Å²) in [5.74, 6) is 1.08. The quantitative estimate of drug-likeness (QED) is 0.755. The number of hydrogen-bond acceptors (Lipinski definition) is 3. The van der Waals surface area contributed by atoms with E-state index in [4.69, 9.17) is 12.2 Å². The van der Waals surface area contributed by atoms with Crippen LogP contribution in [0, 0.1) is 4.77 Å². The van der Waals surface area contributed by atoms with Gasteiger partial charge in [0.1, 0.15) is 5.82 Å². The second-order valence-corrected chi connectivity index (χ2v) is 4.13. The lowest BCUT2D eigenvalue weighted by molar-refractivity contribution is 0.332. The first-order chi connectivity index (χ1) is 7.19. The Morgan fingerprint density at radius 1 is 1.47 bits per heavy atom. The van der Waals surface area contributed by atoms with Crippen LogP contribution in [-0.2, 0) is 13.0 Å². The second-order valence-electron chi connectivity index (χ2n) is 3.74. The fraction of sp³-hybridized carbons (Fsp3) is 0.800. The average molecular weight is 228 g/mol. The summed E-state index contributed by atoms with van der Waals surface area (Å²) in [7, 11) is 2.11. The number of nitrogens with one attached hydrogen (secondary N) is 1. The van der Waals surface area contributed by atoms with Crippen LogP contribution in [0.3, 0.4) is 0 Å². The van der Waals surface area contributed by atoms with Crippen LogP contribution in [0.5, 0.6) is 0 Å². The van der Waals surface area contributed by atoms with Crippen molar-refractivity contribution in [3.63, 3.8) is 0 Å². The molecule has 1 aromatic rings. The molecule has 0 aliphatic heterocycles. The van der Waals surface area contributed by atoms with E-state index in [0.29, 0.717) is 0 Å². The molecule has 5 heteroatoms. The van der Waals surface area contributed by atoms with E-state index in [1.807, 2.05) is 0 Å². The molecule has 0 saturated heterocycles. The average Bonchev–Trinajstić information content (AvgIpc) is 2.57. The lowest BCUT2D eigenvalue weighted by atomic mass is 10.3. The topological polar surface area (TPSA) is 36.9 Å². The molecule has 0 radical (unpaired) electrons. The molecule has 0 aliphatic rings. The predicted octanol–water partition coefficient (Wildman–Crippen LogP) is 1.84. The van der Waals surface area contributed by atoms with Crippen molar-refractivity contribution >= 4 is 12.2 Å². The van der Waals surface area contributed by atoms with E-state index >= 15 is 0 Å². The Balaban J connectivity index is 2.66. The summed E-state index contributed by atoms with van der Waals surface area (Å²) in [4.78, 5) is 2.27. The minimum Gasteiger partial charge on any atom is -0.305 e. The zero-order valence-corrected chi connectivity index (χ0v) is 10.6. The van der Waals surface area contributed by atoms with E-state index in [2.05, 4.69) is 40.6 Å². The number of nitrogens with zero attached hydrogens (tertiary/aromatic N) is 3. The molecule has 0 spiro atoms. The highest BCUT2D eigenvalue weighted by Crippen LogP contribution is 2.01. The second kappa shape index (κ2) is 6.02. The minimum absolute atomic E-state index is 0.739. The molecule has 0 aromatic carbocycles. The highest BCUT2D eigenvalue weighted by Gasteiger charge is 2.05. The lowest BCUT2D eigenvalue weighted by Crippen LogP contribution is -2.23. The highest BCUT2D eigenvalue weighted by molar-refractivity contribution is 7.71. The zero-order chi connectivity index (χ0) is 11.3. The minimum atomic E-state index is 0.739. The Kier molecular flexibility index (Phi) is 4.98. The van der Waals surface area contributed by atoms with Crippen molar-refractivity contribution < 1.29 is 0 Å². The van der Waals surface area contributed by atoms with E-state index in [-0.39, 0.29) is 0 Å². The largest absolute Gasteiger partial charge is 0.305 e. The maximum absolute atomic E-state index is 5.20. The number of aryl methyl sites for hydroxylation is 1. The van der Waals surface area contributed by atoms with Crippen molar-refractivity contribution in [2.75, 3.05) is 20.1 Å². The van der Waals surface area contributed by atoms with Crippen LogP contribution in [0.1, 0.15) is 26.1 Å². The van der Waals surface area contributed by atoms with Gasteiger partial charge in [-0.15, -0.1) is 0 Å². The van der Waals surface area contributed by atoms with Crippen molar-refractivity contribution in [1.29, 1.82) is 0 Å². The molecule has 15 heavy (non-hydrogen) atoms. The summed E-state index contributed by atoms with van der Waals surface area (Å²) in [5, 5.41) is 7.10. The van der Waals surface area contributed by atoms with Gasteiger partial charge >= 0.3 is 0 Å². The molecule has 0 saturated carbocycles. The summed E-state index contributed by atoms with van der Waals surface area (Å²) in [5.41, 5.74) is 0. The predicted molar refractivity (Wildman–Crippen MR) is 64.6 cm³/mol. The summed E-state index contributed by atoms with van der Waals surface area (Å²) in [6, 6.07) is 0. The van der Waals surface area contributed by atoms with Gasteiger partial charge < -0.3 is 9.47 Å².